The molecule has 1 N–H and O–H groups in total. The summed E-state index contributed by atoms with van der Waals surface area (Å²) in [4.78, 5) is 11.8. The lowest BCUT2D eigenvalue weighted by Crippen LogP contribution is -2.33. The largest absolute Gasteiger partial charge is 0.494 e. The van der Waals surface area contributed by atoms with E-state index in [1.54, 1.807) is 0 Å². The first-order valence-corrected chi connectivity index (χ1v) is 8.53. The maximum absolute atomic E-state index is 11.8. The van der Waals surface area contributed by atoms with Gasteiger partial charge in [-0.15, -0.1) is 0 Å². The Hall–Kier alpha value is -1.03. The molecule has 1 saturated carbocycles. The van der Waals surface area contributed by atoms with Crippen molar-refractivity contribution in [2.75, 3.05) is 6.61 Å². The summed E-state index contributed by atoms with van der Waals surface area (Å²) >= 11 is 3.39. The molecule has 1 aliphatic rings. The van der Waals surface area contributed by atoms with Crippen LogP contribution in [0.1, 0.15) is 51.4 Å². The first kappa shape index (κ1) is 16.3. The van der Waals surface area contributed by atoms with Gasteiger partial charge < -0.3 is 9.84 Å². The summed E-state index contributed by atoms with van der Waals surface area (Å²) in [6.07, 6.45) is 7.75. The van der Waals surface area contributed by atoms with Crippen molar-refractivity contribution in [3.05, 3.63) is 28.7 Å². The van der Waals surface area contributed by atoms with E-state index in [9.17, 15) is 9.90 Å². The van der Waals surface area contributed by atoms with Crippen LogP contribution < -0.4 is 4.74 Å². The van der Waals surface area contributed by atoms with E-state index in [0.29, 0.717) is 13.0 Å². The molecule has 1 aromatic rings. The molecular formula is C17H23BrO3. The summed E-state index contributed by atoms with van der Waals surface area (Å²) in [7, 11) is 0. The van der Waals surface area contributed by atoms with Crippen LogP contribution in [0.4, 0.5) is 0 Å². The molecule has 0 aliphatic heterocycles. The van der Waals surface area contributed by atoms with Gasteiger partial charge in [-0.2, -0.15) is 0 Å². The maximum atomic E-state index is 11.8. The summed E-state index contributed by atoms with van der Waals surface area (Å²) in [6, 6.07) is 7.65. The number of rotatable bonds is 5. The fraction of sp³-hybridized carbons (Fsp3) is 0.588. The third-order valence-corrected chi connectivity index (χ3v) is 4.96. The smallest absolute Gasteiger partial charge is 0.309 e. The number of ether oxygens (including phenoxy) is 1. The van der Waals surface area contributed by atoms with E-state index in [1.807, 2.05) is 24.3 Å². The summed E-state index contributed by atoms with van der Waals surface area (Å²) in [6.45, 7) is 0.466. The molecule has 0 radical (unpaired) electrons. The minimum atomic E-state index is -0.649. The SMILES string of the molecule is O=C(O)C1(CCOc2ccc(Br)cc2)CCCCCCC1. The van der Waals surface area contributed by atoms with Crippen molar-refractivity contribution >= 4 is 21.9 Å². The molecule has 0 spiro atoms. The van der Waals surface area contributed by atoms with Gasteiger partial charge in [-0.1, -0.05) is 48.0 Å². The Labute approximate surface area is 134 Å². The van der Waals surface area contributed by atoms with Gasteiger partial charge in [0.05, 0.1) is 12.0 Å². The van der Waals surface area contributed by atoms with Crippen LogP contribution in [0.15, 0.2) is 28.7 Å². The van der Waals surface area contributed by atoms with E-state index in [4.69, 9.17) is 4.74 Å². The topological polar surface area (TPSA) is 46.5 Å². The lowest BCUT2D eigenvalue weighted by Gasteiger charge is -2.31. The highest BCUT2D eigenvalue weighted by molar-refractivity contribution is 9.10. The predicted octanol–water partition coefficient (Wildman–Crippen LogP) is 5.03. The van der Waals surface area contributed by atoms with Crippen molar-refractivity contribution in [2.24, 2.45) is 5.41 Å². The van der Waals surface area contributed by atoms with E-state index in [1.165, 1.54) is 6.42 Å². The second kappa shape index (κ2) is 7.83. The molecule has 0 atom stereocenters. The second-order valence-corrected chi connectivity index (χ2v) is 6.82. The average Bonchev–Trinajstić information content (AvgIpc) is 2.43. The molecule has 1 aromatic carbocycles. The number of aliphatic carboxylic acids is 1. The monoisotopic (exact) mass is 354 g/mol. The molecule has 0 bridgehead atoms. The van der Waals surface area contributed by atoms with Crippen LogP contribution in [0.3, 0.4) is 0 Å². The normalized spacial score (nSPS) is 18.5. The predicted molar refractivity (Wildman–Crippen MR) is 86.6 cm³/mol. The van der Waals surface area contributed by atoms with Gasteiger partial charge in [-0.3, -0.25) is 4.79 Å². The molecule has 0 saturated heterocycles. The zero-order valence-electron chi connectivity index (χ0n) is 12.3. The Kier molecular flexibility index (Phi) is 6.09. The van der Waals surface area contributed by atoms with E-state index < -0.39 is 11.4 Å². The number of carboxylic acid groups (broad SMARTS) is 1. The first-order chi connectivity index (χ1) is 10.1. The Morgan fingerprint density at radius 3 is 2.24 bits per heavy atom. The highest BCUT2D eigenvalue weighted by atomic mass is 79.9. The lowest BCUT2D eigenvalue weighted by atomic mass is 9.74. The quantitative estimate of drug-likeness (QED) is 0.805. The van der Waals surface area contributed by atoms with Crippen LogP contribution in [-0.4, -0.2) is 17.7 Å². The number of benzene rings is 1. The van der Waals surface area contributed by atoms with Gasteiger partial charge in [-0.25, -0.2) is 0 Å². The number of hydrogen-bond donors (Lipinski definition) is 1. The van der Waals surface area contributed by atoms with E-state index in [2.05, 4.69) is 15.9 Å². The van der Waals surface area contributed by atoms with Crippen molar-refractivity contribution in [3.63, 3.8) is 0 Å². The van der Waals surface area contributed by atoms with Crippen molar-refractivity contribution in [2.45, 2.75) is 51.4 Å². The van der Waals surface area contributed by atoms with Gasteiger partial charge in [0.25, 0.3) is 0 Å². The second-order valence-electron chi connectivity index (χ2n) is 5.91. The molecule has 3 nitrogen and oxygen atoms in total. The number of carbonyl (C=O) groups is 1. The lowest BCUT2D eigenvalue weighted by molar-refractivity contribution is -0.151. The van der Waals surface area contributed by atoms with Gasteiger partial charge in [0.15, 0.2) is 0 Å². The average molecular weight is 355 g/mol. The fourth-order valence-corrected chi connectivity index (χ4v) is 3.31. The van der Waals surface area contributed by atoms with Crippen molar-refractivity contribution in [1.82, 2.24) is 0 Å². The first-order valence-electron chi connectivity index (χ1n) is 7.74. The van der Waals surface area contributed by atoms with E-state index in [0.717, 1.165) is 48.7 Å². The molecule has 1 fully saturated rings. The van der Waals surface area contributed by atoms with Crippen molar-refractivity contribution in [1.29, 1.82) is 0 Å². The van der Waals surface area contributed by atoms with E-state index >= 15 is 0 Å². The minimum absolute atomic E-state index is 0.466. The molecule has 21 heavy (non-hydrogen) atoms. The maximum Gasteiger partial charge on any atom is 0.309 e. The molecule has 0 aromatic heterocycles. The third-order valence-electron chi connectivity index (χ3n) is 4.43. The summed E-state index contributed by atoms with van der Waals surface area (Å²) in [5.41, 5.74) is -0.588. The van der Waals surface area contributed by atoms with Crippen LogP contribution in [0.5, 0.6) is 5.75 Å². The van der Waals surface area contributed by atoms with Gasteiger partial charge in [-0.05, 0) is 43.5 Å². The summed E-state index contributed by atoms with van der Waals surface area (Å²) in [5, 5.41) is 9.68. The van der Waals surface area contributed by atoms with Crippen molar-refractivity contribution in [3.8, 4) is 5.75 Å². The molecule has 1 aliphatic carbocycles. The molecule has 0 heterocycles. The highest BCUT2D eigenvalue weighted by Crippen LogP contribution is 2.37. The molecule has 0 unspecified atom stereocenters. The molecule has 0 amide bonds. The van der Waals surface area contributed by atoms with Gasteiger partial charge in [0.1, 0.15) is 5.75 Å². The zero-order valence-corrected chi connectivity index (χ0v) is 13.9. The number of halogens is 1. The highest BCUT2D eigenvalue weighted by Gasteiger charge is 2.37. The molecular weight excluding hydrogens is 332 g/mol. The van der Waals surface area contributed by atoms with Crippen LogP contribution >= 0.6 is 15.9 Å². The van der Waals surface area contributed by atoms with Gasteiger partial charge in [0, 0.05) is 4.47 Å². The standard InChI is InChI=1S/C17H23BrO3/c18-14-6-8-15(9-7-14)21-13-12-17(16(19)20)10-4-2-1-3-5-11-17/h6-9H,1-5,10-13H2,(H,19,20). The Morgan fingerprint density at radius 2 is 1.67 bits per heavy atom. The van der Waals surface area contributed by atoms with Crippen LogP contribution in [-0.2, 0) is 4.79 Å². The van der Waals surface area contributed by atoms with Crippen LogP contribution in [0.2, 0.25) is 0 Å². The Bertz CT molecular complexity index is 448. The number of carboxylic acids is 1. The molecule has 4 heteroatoms. The minimum Gasteiger partial charge on any atom is -0.494 e. The Morgan fingerprint density at radius 1 is 1.10 bits per heavy atom. The zero-order chi connectivity index (χ0) is 15.1. The summed E-state index contributed by atoms with van der Waals surface area (Å²) in [5.74, 6) is 0.147. The van der Waals surface area contributed by atoms with Crippen molar-refractivity contribution < 1.29 is 14.6 Å². The molecule has 116 valence electrons. The Balaban J connectivity index is 1.92. The molecule has 2 rings (SSSR count). The van der Waals surface area contributed by atoms with E-state index in [-0.39, 0.29) is 0 Å². The number of hydrogen-bond acceptors (Lipinski definition) is 2. The van der Waals surface area contributed by atoms with Crippen LogP contribution in [0.25, 0.3) is 0 Å². The summed E-state index contributed by atoms with van der Waals surface area (Å²) < 4.78 is 6.74. The third kappa shape index (κ3) is 4.73. The fourth-order valence-electron chi connectivity index (χ4n) is 3.05. The van der Waals surface area contributed by atoms with Crippen LogP contribution in [0, 0.1) is 5.41 Å². The van der Waals surface area contributed by atoms with Gasteiger partial charge >= 0.3 is 5.97 Å². The van der Waals surface area contributed by atoms with Gasteiger partial charge in [0.2, 0.25) is 0 Å².